The van der Waals surface area contributed by atoms with Crippen molar-refractivity contribution in [3.8, 4) is 11.8 Å². The first-order chi connectivity index (χ1) is 13.0. The van der Waals surface area contributed by atoms with E-state index in [0.29, 0.717) is 32.7 Å². The number of amides is 1. The molecule has 1 aliphatic heterocycles. The third-order valence-electron chi connectivity index (χ3n) is 4.66. The molecular formula is C23H35NO3. The Labute approximate surface area is 165 Å². The lowest BCUT2D eigenvalue weighted by atomic mass is 9.97. The monoisotopic (exact) mass is 373 g/mol. The number of carbonyl (C=O) groups is 1. The molecule has 0 bridgehead atoms. The number of carbonyl (C=O) groups excluding carboxylic acids is 1. The molecule has 4 nitrogen and oxygen atoms in total. The largest absolute Gasteiger partial charge is 0.388 e. The topological polar surface area (TPSA) is 49.8 Å². The maximum Gasteiger partial charge on any atom is 0.249 e. The van der Waals surface area contributed by atoms with E-state index in [4.69, 9.17) is 4.74 Å². The number of nitrogens with zero attached hydrogens (tertiary/aromatic N) is 1. The van der Waals surface area contributed by atoms with Gasteiger partial charge in [-0.25, -0.2) is 0 Å². The molecular weight excluding hydrogens is 338 g/mol. The summed E-state index contributed by atoms with van der Waals surface area (Å²) in [6, 6.07) is 0. The van der Waals surface area contributed by atoms with Crippen LogP contribution < -0.4 is 0 Å². The number of morpholine rings is 1. The minimum absolute atomic E-state index is 0.0423. The van der Waals surface area contributed by atoms with Gasteiger partial charge in [0.1, 0.15) is 0 Å². The van der Waals surface area contributed by atoms with E-state index in [0.717, 1.165) is 30.4 Å². The van der Waals surface area contributed by atoms with Crippen LogP contribution in [0, 0.1) is 17.8 Å². The summed E-state index contributed by atoms with van der Waals surface area (Å²) in [6.45, 7) is 10.6. The van der Waals surface area contributed by atoms with Gasteiger partial charge < -0.3 is 14.7 Å². The summed E-state index contributed by atoms with van der Waals surface area (Å²) in [5.74, 6) is 6.25. The Hall–Kier alpha value is -1.83. The number of aliphatic hydroxyl groups excluding tert-OH is 1. The molecule has 1 fully saturated rings. The van der Waals surface area contributed by atoms with Crippen LogP contribution in [-0.2, 0) is 9.53 Å². The van der Waals surface area contributed by atoms with Gasteiger partial charge in [0.2, 0.25) is 5.91 Å². The van der Waals surface area contributed by atoms with Crippen molar-refractivity contribution in [2.24, 2.45) is 5.92 Å². The molecule has 1 aliphatic rings. The normalized spacial score (nSPS) is 18.2. The number of aliphatic hydroxyl groups is 1. The number of allylic oxidation sites excluding steroid dienone is 3. The standard InChI is InChI=1S/C23H35NO3/c1-5-6-12-19(2)22(25)20(3)13-10-8-7-9-11-14-21(4)23(26)24-15-17-27-18-16-24/h10,12-14,20,22,25H,5-6,9,11,15-18H2,1-4H3/b13-10+,19-12+,21-14+/t20-,22+/m1/s1. The average Bonchev–Trinajstić information content (AvgIpc) is 2.70. The van der Waals surface area contributed by atoms with E-state index in [-0.39, 0.29) is 11.8 Å². The predicted molar refractivity (Wildman–Crippen MR) is 111 cm³/mol. The second kappa shape index (κ2) is 13.4. The van der Waals surface area contributed by atoms with Crippen molar-refractivity contribution in [3.63, 3.8) is 0 Å². The lowest BCUT2D eigenvalue weighted by molar-refractivity contribution is -0.131. The van der Waals surface area contributed by atoms with Gasteiger partial charge in [-0.05, 0) is 38.3 Å². The van der Waals surface area contributed by atoms with Crippen molar-refractivity contribution in [1.82, 2.24) is 4.90 Å². The molecule has 0 saturated carbocycles. The van der Waals surface area contributed by atoms with Gasteiger partial charge in [-0.2, -0.15) is 0 Å². The molecule has 0 unspecified atom stereocenters. The third-order valence-corrected chi connectivity index (χ3v) is 4.66. The maximum atomic E-state index is 12.3. The Morgan fingerprint density at radius 3 is 2.59 bits per heavy atom. The van der Waals surface area contributed by atoms with Gasteiger partial charge in [0, 0.05) is 31.0 Å². The molecule has 4 heteroatoms. The minimum atomic E-state index is -0.452. The Morgan fingerprint density at radius 1 is 1.22 bits per heavy atom. The molecule has 0 aromatic rings. The zero-order valence-corrected chi connectivity index (χ0v) is 17.3. The van der Waals surface area contributed by atoms with Gasteiger partial charge in [-0.1, -0.05) is 50.3 Å². The van der Waals surface area contributed by atoms with Crippen LogP contribution in [0.3, 0.4) is 0 Å². The van der Waals surface area contributed by atoms with Crippen LogP contribution in [0.15, 0.2) is 35.5 Å². The summed E-state index contributed by atoms with van der Waals surface area (Å²) in [4.78, 5) is 14.1. The summed E-state index contributed by atoms with van der Waals surface area (Å²) < 4.78 is 5.27. The molecule has 150 valence electrons. The highest BCUT2D eigenvalue weighted by Crippen LogP contribution is 2.14. The van der Waals surface area contributed by atoms with E-state index < -0.39 is 6.10 Å². The number of unbranched alkanes of at least 4 members (excludes halogenated alkanes) is 2. The number of rotatable bonds is 8. The Balaban J connectivity index is 2.36. The van der Waals surface area contributed by atoms with Crippen molar-refractivity contribution in [2.45, 2.75) is 59.5 Å². The Morgan fingerprint density at radius 2 is 1.93 bits per heavy atom. The van der Waals surface area contributed by atoms with Crippen LogP contribution in [0.5, 0.6) is 0 Å². The van der Waals surface area contributed by atoms with Gasteiger partial charge in [-0.3, -0.25) is 4.79 Å². The third kappa shape index (κ3) is 9.08. The van der Waals surface area contributed by atoms with E-state index in [9.17, 15) is 9.90 Å². The van der Waals surface area contributed by atoms with Crippen molar-refractivity contribution >= 4 is 5.91 Å². The van der Waals surface area contributed by atoms with Crippen LogP contribution in [-0.4, -0.2) is 48.3 Å². The first kappa shape index (κ1) is 23.2. The second-order valence-electron chi connectivity index (χ2n) is 7.05. The molecule has 1 heterocycles. The lowest BCUT2D eigenvalue weighted by Gasteiger charge is -2.27. The first-order valence-electron chi connectivity index (χ1n) is 10.0. The van der Waals surface area contributed by atoms with Gasteiger partial charge in [0.15, 0.2) is 0 Å². The predicted octanol–water partition coefficient (Wildman–Crippen LogP) is 3.87. The molecule has 0 aromatic heterocycles. The van der Waals surface area contributed by atoms with Crippen molar-refractivity contribution in [3.05, 3.63) is 35.5 Å². The van der Waals surface area contributed by atoms with E-state index in [1.807, 2.05) is 43.9 Å². The fourth-order valence-corrected chi connectivity index (χ4v) is 2.81. The number of hydrogen-bond acceptors (Lipinski definition) is 3. The van der Waals surface area contributed by atoms with Crippen molar-refractivity contribution < 1.29 is 14.6 Å². The molecule has 1 saturated heterocycles. The summed E-state index contributed by atoms with van der Waals surface area (Å²) >= 11 is 0. The van der Waals surface area contributed by atoms with Crippen LogP contribution in [0.25, 0.3) is 0 Å². The highest BCUT2D eigenvalue weighted by Gasteiger charge is 2.17. The molecule has 27 heavy (non-hydrogen) atoms. The van der Waals surface area contributed by atoms with E-state index in [1.54, 1.807) is 0 Å². The summed E-state index contributed by atoms with van der Waals surface area (Å²) in [5, 5.41) is 10.3. The molecule has 0 aliphatic carbocycles. The molecule has 1 rings (SSSR count). The van der Waals surface area contributed by atoms with Crippen LogP contribution in [0.2, 0.25) is 0 Å². The van der Waals surface area contributed by atoms with Crippen molar-refractivity contribution in [2.75, 3.05) is 26.3 Å². The molecule has 0 aromatic carbocycles. The van der Waals surface area contributed by atoms with Crippen LogP contribution >= 0.6 is 0 Å². The maximum absolute atomic E-state index is 12.3. The Kier molecular flexibility index (Phi) is 11.5. The van der Waals surface area contributed by atoms with Gasteiger partial charge in [0.05, 0.1) is 19.3 Å². The van der Waals surface area contributed by atoms with Gasteiger partial charge in [-0.15, -0.1) is 0 Å². The van der Waals surface area contributed by atoms with E-state index in [1.165, 1.54) is 0 Å². The smallest absolute Gasteiger partial charge is 0.249 e. The zero-order valence-electron chi connectivity index (χ0n) is 17.3. The van der Waals surface area contributed by atoms with Gasteiger partial charge in [0.25, 0.3) is 0 Å². The quantitative estimate of drug-likeness (QED) is 0.304. The van der Waals surface area contributed by atoms with Crippen LogP contribution in [0.1, 0.15) is 53.4 Å². The zero-order chi connectivity index (χ0) is 20.1. The van der Waals surface area contributed by atoms with E-state index >= 15 is 0 Å². The highest BCUT2D eigenvalue weighted by atomic mass is 16.5. The lowest BCUT2D eigenvalue weighted by Crippen LogP contribution is -2.41. The number of hydrogen-bond donors (Lipinski definition) is 1. The first-order valence-corrected chi connectivity index (χ1v) is 10.0. The summed E-state index contributed by atoms with van der Waals surface area (Å²) in [7, 11) is 0. The highest BCUT2D eigenvalue weighted by molar-refractivity contribution is 5.92. The fourth-order valence-electron chi connectivity index (χ4n) is 2.81. The van der Waals surface area contributed by atoms with Crippen molar-refractivity contribution in [1.29, 1.82) is 0 Å². The second-order valence-corrected chi connectivity index (χ2v) is 7.05. The fraction of sp³-hybridized carbons (Fsp3) is 0.609. The summed E-state index contributed by atoms with van der Waals surface area (Å²) in [6.07, 6.45) is 10.9. The molecule has 0 spiro atoms. The Bertz CT molecular complexity index is 601. The molecule has 1 N–H and O–H groups in total. The molecule has 2 atom stereocenters. The molecule has 1 amide bonds. The SMILES string of the molecule is CCC/C=C(\C)[C@H](O)[C@H](C)/C=C/C#CCC/C=C(\C)C(=O)N1CCOCC1. The van der Waals surface area contributed by atoms with E-state index in [2.05, 4.69) is 24.8 Å². The number of ether oxygens (including phenoxy) is 1. The molecule has 0 radical (unpaired) electrons. The average molecular weight is 374 g/mol. The van der Waals surface area contributed by atoms with Crippen LogP contribution in [0.4, 0.5) is 0 Å². The summed E-state index contributed by atoms with van der Waals surface area (Å²) in [5.41, 5.74) is 1.80. The minimum Gasteiger partial charge on any atom is -0.388 e. The van der Waals surface area contributed by atoms with Gasteiger partial charge >= 0.3 is 0 Å².